The molecule has 17 heavy (non-hydrogen) atoms. The smallest absolute Gasteiger partial charge is 0.236 e. The maximum atomic E-state index is 12.1. The summed E-state index contributed by atoms with van der Waals surface area (Å²) in [7, 11) is 0. The molecular weight excluding hydrogens is 302 g/mol. The number of halogens is 2. The Labute approximate surface area is 115 Å². The van der Waals surface area contributed by atoms with Gasteiger partial charge in [-0.15, -0.1) is 0 Å². The number of nitrogens with zero attached hydrogens (tertiary/aromatic N) is 1. The van der Waals surface area contributed by atoms with Gasteiger partial charge in [-0.1, -0.05) is 39.7 Å². The minimum atomic E-state index is -0.123. The fourth-order valence-corrected chi connectivity index (χ4v) is 2.78. The fourth-order valence-electron chi connectivity index (χ4n) is 2.32. The third-order valence-electron chi connectivity index (χ3n) is 3.11. The molecule has 1 heterocycles. The standard InChI is InChI=1S/C13H15BrClNO/c1-9(14)13(17)16-7-3-6-12(16)10-4-2-5-11(15)8-10/h2,4-5,8-9,12H,3,6-7H2,1H3. The molecule has 1 fully saturated rings. The Hall–Kier alpha value is -0.540. The Morgan fingerprint density at radius 1 is 1.59 bits per heavy atom. The van der Waals surface area contributed by atoms with Crippen molar-refractivity contribution >= 4 is 33.4 Å². The summed E-state index contributed by atoms with van der Waals surface area (Å²) < 4.78 is 0. The van der Waals surface area contributed by atoms with E-state index >= 15 is 0 Å². The highest BCUT2D eigenvalue weighted by Crippen LogP contribution is 2.33. The van der Waals surface area contributed by atoms with Crippen LogP contribution in [0, 0.1) is 0 Å². The molecule has 0 radical (unpaired) electrons. The molecule has 0 aromatic heterocycles. The molecule has 1 amide bonds. The van der Waals surface area contributed by atoms with E-state index in [-0.39, 0.29) is 16.8 Å². The normalized spacial score (nSPS) is 21.6. The first kappa shape index (κ1) is 12.9. The van der Waals surface area contributed by atoms with Crippen LogP contribution in [0.25, 0.3) is 0 Å². The SMILES string of the molecule is CC(Br)C(=O)N1CCCC1c1cccc(Cl)c1. The summed E-state index contributed by atoms with van der Waals surface area (Å²) in [6, 6.07) is 7.98. The summed E-state index contributed by atoms with van der Waals surface area (Å²) in [6.45, 7) is 2.71. The minimum Gasteiger partial charge on any atom is -0.335 e. The molecule has 0 spiro atoms. The summed E-state index contributed by atoms with van der Waals surface area (Å²) in [5.74, 6) is 0.160. The molecule has 2 rings (SSSR count). The number of hydrogen-bond donors (Lipinski definition) is 0. The van der Waals surface area contributed by atoms with Gasteiger partial charge in [0.1, 0.15) is 0 Å². The predicted molar refractivity (Wildman–Crippen MR) is 73.5 cm³/mol. The summed E-state index contributed by atoms with van der Waals surface area (Å²) in [4.78, 5) is 13.9. The molecular formula is C13H15BrClNO. The van der Waals surface area contributed by atoms with Gasteiger partial charge in [-0.05, 0) is 37.5 Å². The highest BCUT2D eigenvalue weighted by Gasteiger charge is 2.31. The molecule has 2 nitrogen and oxygen atoms in total. The van der Waals surface area contributed by atoms with Crippen LogP contribution in [-0.4, -0.2) is 22.2 Å². The van der Waals surface area contributed by atoms with Gasteiger partial charge in [0.2, 0.25) is 5.91 Å². The van der Waals surface area contributed by atoms with E-state index in [1.807, 2.05) is 36.1 Å². The first-order valence-corrected chi connectivity index (χ1v) is 7.09. The van der Waals surface area contributed by atoms with E-state index in [0.29, 0.717) is 0 Å². The van der Waals surface area contributed by atoms with E-state index in [9.17, 15) is 4.79 Å². The molecule has 92 valence electrons. The van der Waals surface area contributed by atoms with E-state index < -0.39 is 0 Å². The lowest BCUT2D eigenvalue weighted by Crippen LogP contribution is -2.34. The van der Waals surface area contributed by atoms with Gasteiger partial charge in [0.05, 0.1) is 10.9 Å². The number of benzene rings is 1. The van der Waals surface area contributed by atoms with Crippen LogP contribution in [0.4, 0.5) is 0 Å². The van der Waals surface area contributed by atoms with Crippen molar-refractivity contribution in [2.45, 2.75) is 30.6 Å². The van der Waals surface area contributed by atoms with E-state index in [0.717, 1.165) is 30.0 Å². The van der Waals surface area contributed by atoms with E-state index in [1.165, 1.54) is 0 Å². The molecule has 0 bridgehead atoms. The van der Waals surface area contributed by atoms with E-state index in [4.69, 9.17) is 11.6 Å². The topological polar surface area (TPSA) is 20.3 Å². The quantitative estimate of drug-likeness (QED) is 0.760. The molecule has 1 aromatic rings. The zero-order chi connectivity index (χ0) is 12.4. The van der Waals surface area contributed by atoms with Gasteiger partial charge in [-0.25, -0.2) is 0 Å². The zero-order valence-corrected chi connectivity index (χ0v) is 12.0. The highest BCUT2D eigenvalue weighted by molar-refractivity contribution is 9.10. The third kappa shape index (κ3) is 2.83. The molecule has 0 saturated carbocycles. The number of carbonyl (C=O) groups is 1. The predicted octanol–water partition coefficient (Wildman–Crippen LogP) is 3.79. The van der Waals surface area contributed by atoms with Crippen molar-refractivity contribution in [1.82, 2.24) is 4.90 Å². The molecule has 0 N–H and O–H groups in total. The van der Waals surface area contributed by atoms with Gasteiger partial charge in [0.25, 0.3) is 0 Å². The minimum absolute atomic E-state index is 0.123. The molecule has 1 aromatic carbocycles. The molecule has 2 unspecified atom stereocenters. The van der Waals surface area contributed by atoms with Crippen LogP contribution in [0.1, 0.15) is 31.4 Å². The number of rotatable bonds is 2. The average Bonchev–Trinajstić information content (AvgIpc) is 2.76. The van der Waals surface area contributed by atoms with Crippen LogP contribution in [0.5, 0.6) is 0 Å². The van der Waals surface area contributed by atoms with Crippen LogP contribution >= 0.6 is 27.5 Å². The molecule has 2 atom stereocenters. The number of carbonyl (C=O) groups excluding carboxylic acids is 1. The fraction of sp³-hybridized carbons (Fsp3) is 0.462. The lowest BCUT2D eigenvalue weighted by atomic mass is 10.0. The van der Waals surface area contributed by atoms with Gasteiger partial charge in [-0.2, -0.15) is 0 Å². The van der Waals surface area contributed by atoms with Crippen molar-refractivity contribution < 1.29 is 4.79 Å². The average molecular weight is 317 g/mol. The van der Waals surface area contributed by atoms with Crippen molar-refractivity contribution in [3.05, 3.63) is 34.9 Å². The van der Waals surface area contributed by atoms with Gasteiger partial charge in [-0.3, -0.25) is 4.79 Å². The van der Waals surface area contributed by atoms with Gasteiger partial charge >= 0.3 is 0 Å². The van der Waals surface area contributed by atoms with E-state index in [2.05, 4.69) is 15.9 Å². The molecule has 4 heteroatoms. The monoisotopic (exact) mass is 315 g/mol. The van der Waals surface area contributed by atoms with Crippen molar-refractivity contribution in [2.24, 2.45) is 0 Å². The summed E-state index contributed by atoms with van der Waals surface area (Å²) >= 11 is 9.35. The van der Waals surface area contributed by atoms with Gasteiger partial charge < -0.3 is 4.90 Å². The Morgan fingerprint density at radius 2 is 2.35 bits per heavy atom. The number of hydrogen-bond acceptors (Lipinski definition) is 1. The first-order valence-electron chi connectivity index (χ1n) is 5.79. The summed E-state index contributed by atoms with van der Waals surface area (Å²) in [6.07, 6.45) is 2.08. The Morgan fingerprint density at radius 3 is 3.00 bits per heavy atom. The second-order valence-electron chi connectivity index (χ2n) is 4.36. The lowest BCUT2D eigenvalue weighted by molar-refractivity contribution is -0.131. The Kier molecular flexibility index (Phi) is 4.10. The number of amides is 1. The van der Waals surface area contributed by atoms with Crippen LogP contribution in [0.2, 0.25) is 5.02 Å². The molecule has 0 aliphatic carbocycles. The first-order chi connectivity index (χ1) is 8.09. The molecule has 1 aliphatic heterocycles. The second-order valence-corrected chi connectivity index (χ2v) is 6.17. The maximum Gasteiger partial charge on any atom is 0.236 e. The van der Waals surface area contributed by atoms with Crippen LogP contribution in [-0.2, 0) is 4.79 Å². The highest BCUT2D eigenvalue weighted by atomic mass is 79.9. The van der Waals surface area contributed by atoms with Crippen molar-refractivity contribution in [3.63, 3.8) is 0 Å². The number of alkyl halides is 1. The zero-order valence-electron chi connectivity index (χ0n) is 9.70. The summed E-state index contributed by atoms with van der Waals surface area (Å²) in [5.41, 5.74) is 1.14. The molecule has 1 saturated heterocycles. The van der Waals surface area contributed by atoms with Crippen molar-refractivity contribution in [3.8, 4) is 0 Å². The van der Waals surface area contributed by atoms with E-state index in [1.54, 1.807) is 0 Å². The summed E-state index contributed by atoms with van der Waals surface area (Å²) in [5, 5.41) is 0.730. The van der Waals surface area contributed by atoms with Crippen molar-refractivity contribution in [2.75, 3.05) is 6.54 Å². The van der Waals surface area contributed by atoms with Crippen LogP contribution < -0.4 is 0 Å². The lowest BCUT2D eigenvalue weighted by Gasteiger charge is -2.26. The maximum absolute atomic E-state index is 12.1. The number of likely N-dealkylation sites (tertiary alicyclic amines) is 1. The largest absolute Gasteiger partial charge is 0.335 e. The Bertz CT molecular complexity index is 422. The van der Waals surface area contributed by atoms with Crippen molar-refractivity contribution in [1.29, 1.82) is 0 Å². The van der Waals surface area contributed by atoms with Crippen LogP contribution in [0.3, 0.4) is 0 Å². The second kappa shape index (κ2) is 5.40. The van der Waals surface area contributed by atoms with Gasteiger partial charge in [0.15, 0.2) is 0 Å². The van der Waals surface area contributed by atoms with Gasteiger partial charge in [0, 0.05) is 11.6 Å². The van der Waals surface area contributed by atoms with Crippen LogP contribution in [0.15, 0.2) is 24.3 Å². The molecule has 1 aliphatic rings. The third-order valence-corrected chi connectivity index (χ3v) is 3.74. The Balaban J connectivity index is 2.23.